The number of rotatable bonds is 4. The van der Waals surface area contributed by atoms with Crippen LogP contribution >= 0.6 is 0 Å². The minimum atomic E-state index is -0.408. The number of pyridine rings is 1. The molecule has 1 heterocycles. The second-order valence-corrected chi connectivity index (χ2v) is 8.63. The number of anilines is 1. The highest BCUT2D eigenvalue weighted by atomic mass is 16.2. The van der Waals surface area contributed by atoms with Crippen molar-refractivity contribution in [3.05, 3.63) is 117 Å². The number of hydrogen-bond donors (Lipinski definition) is 1. The van der Waals surface area contributed by atoms with E-state index in [1.165, 1.54) is 0 Å². The largest absolute Gasteiger partial charge is 0.321 e. The first kappa shape index (κ1) is 22.3. The molecule has 1 amide bonds. The summed E-state index contributed by atoms with van der Waals surface area (Å²) in [6.45, 7) is 9.83. The molecule has 0 bridgehead atoms. The third kappa shape index (κ3) is 4.37. The fraction of sp³-hybridized carbons (Fsp3) is 0.172. The van der Waals surface area contributed by atoms with Crippen molar-refractivity contribution in [1.29, 1.82) is 0 Å². The van der Waals surface area contributed by atoms with Gasteiger partial charge in [0.25, 0.3) is 5.91 Å². The van der Waals surface area contributed by atoms with E-state index in [4.69, 9.17) is 0 Å². The van der Waals surface area contributed by atoms with E-state index in [9.17, 15) is 9.59 Å². The van der Waals surface area contributed by atoms with Gasteiger partial charge in [-0.25, -0.2) is 0 Å². The first-order valence-corrected chi connectivity index (χ1v) is 11.0. The zero-order chi connectivity index (χ0) is 23.7. The Bertz CT molecular complexity index is 1390. The molecule has 0 radical (unpaired) electrons. The summed E-state index contributed by atoms with van der Waals surface area (Å²) in [6, 6.07) is 23.4. The molecule has 1 N–H and O–H groups in total. The quantitative estimate of drug-likeness (QED) is 0.408. The molecule has 0 spiro atoms. The van der Waals surface area contributed by atoms with Gasteiger partial charge in [-0.05, 0) is 69.5 Å². The lowest BCUT2D eigenvalue weighted by Crippen LogP contribution is -2.26. The molecule has 4 rings (SSSR count). The Morgan fingerprint density at radius 1 is 0.758 bits per heavy atom. The fourth-order valence-corrected chi connectivity index (χ4v) is 4.23. The van der Waals surface area contributed by atoms with E-state index in [1.54, 1.807) is 6.07 Å². The van der Waals surface area contributed by atoms with Crippen molar-refractivity contribution in [3.8, 4) is 16.9 Å². The number of aryl methyl sites for hydroxylation is 5. The summed E-state index contributed by atoms with van der Waals surface area (Å²) in [4.78, 5) is 26.9. The topological polar surface area (TPSA) is 51.1 Å². The molecule has 0 saturated heterocycles. The van der Waals surface area contributed by atoms with Crippen LogP contribution in [0.5, 0.6) is 0 Å². The normalized spacial score (nSPS) is 10.8. The predicted molar refractivity (Wildman–Crippen MR) is 136 cm³/mol. The minimum Gasteiger partial charge on any atom is -0.321 e. The van der Waals surface area contributed by atoms with Crippen LogP contribution in [-0.4, -0.2) is 10.5 Å². The van der Waals surface area contributed by atoms with Crippen LogP contribution in [0.15, 0.2) is 77.6 Å². The van der Waals surface area contributed by atoms with E-state index < -0.39 is 5.91 Å². The molecule has 3 aromatic carbocycles. The monoisotopic (exact) mass is 436 g/mol. The third-order valence-electron chi connectivity index (χ3n) is 5.93. The van der Waals surface area contributed by atoms with E-state index in [1.807, 2.05) is 106 Å². The van der Waals surface area contributed by atoms with Crippen LogP contribution in [0.3, 0.4) is 0 Å². The summed E-state index contributed by atoms with van der Waals surface area (Å²) >= 11 is 0. The molecule has 4 aromatic rings. The van der Waals surface area contributed by atoms with Gasteiger partial charge in [0.2, 0.25) is 0 Å². The standard InChI is InChI=1S/C29H28N2O2/c1-18-12-14-24(15-13-18)31-22(5)17-25(32)26(28(31)23-11-6-8-19(2)16-23)29(33)30-27-20(3)9-7-10-21(27)4/h6-17H,1-5H3,(H,30,33). The van der Waals surface area contributed by atoms with Crippen LogP contribution in [0, 0.1) is 34.6 Å². The highest BCUT2D eigenvalue weighted by Gasteiger charge is 2.23. The maximum atomic E-state index is 13.6. The lowest BCUT2D eigenvalue weighted by molar-refractivity contribution is 0.102. The summed E-state index contributed by atoms with van der Waals surface area (Å²) < 4.78 is 2.00. The summed E-state index contributed by atoms with van der Waals surface area (Å²) in [6.07, 6.45) is 0. The molecule has 4 heteroatoms. The van der Waals surface area contributed by atoms with Crippen LogP contribution in [0.2, 0.25) is 0 Å². The molecule has 166 valence electrons. The first-order valence-electron chi connectivity index (χ1n) is 11.0. The third-order valence-corrected chi connectivity index (χ3v) is 5.93. The molecular formula is C29H28N2O2. The summed E-state index contributed by atoms with van der Waals surface area (Å²) in [5.41, 5.74) is 7.75. The molecule has 0 aliphatic heterocycles. The van der Waals surface area contributed by atoms with Gasteiger partial charge in [0.15, 0.2) is 5.43 Å². The van der Waals surface area contributed by atoms with E-state index in [2.05, 4.69) is 5.32 Å². The first-order chi connectivity index (χ1) is 15.8. The highest BCUT2D eigenvalue weighted by molar-refractivity contribution is 6.09. The zero-order valence-electron chi connectivity index (χ0n) is 19.7. The van der Waals surface area contributed by atoms with Crippen molar-refractivity contribution in [2.24, 2.45) is 0 Å². The van der Waals surface area contributed by atoms with Crippen molar-refractivity contribution < 1.29 is 4.79 Å². The van der Waals surface area contributed by atoms with Gasteiger partial charge in [-0.2, -0.15) is 0 Å². The molecule has 0 fully saturated rings. The Balaban J connectivity index is 2.00. The molecule has 0 aliphatic carbocycles. The van der Waals surface area contributed by atoms with Gasteiger partial charge in [-0.15, -0.1) is 0 Å². The highest BCUT2D eigenvalue weighted by Crippen LogP contribution is 2.29. The number of para-hydroxylation sites is 1. The van der Waals surface area contributed by atoms with Crippen molar-refractivity contribution in [1.82, 2.24) is 4.57 Å². The van der Waals surface area contributed by atoms with Crippen molar-refractivity contribution in [2.75, 3.05) is 5.32 Å². The second kappa shape index (κ2) is 8.91. The van der Waals surface area contributed by atoms with Crippen LogP contribution in [0.4, 0.5) is 5.69 Å². The Labute approximate surface area is 194 Å². The smallest absolute Gasteiger partial charge is 0.261 e. The van der Waals surface area contributed by atoms with Gasteiger partial charge >= 0.3 is 0 Å². The van der Waals surface area contributed by atoms with Gasteiger partial charge < -0.3 is 9.88 Å². The second-order valence-electron chi connectivity index (χ2n) is 8.63. The Morgan fingerprint density at radius 2 is 1.39 bits per heavy atom. The number of hydrogen-bond acceptors (Lipinski definition) is 2. The molecule has 0 atom stereocenters. The number of carbonyl (C=O) groups excluding carboxylic acids is 1. The van der Waals surface area contributed by atoms with Gasteiger partial charge in [-0.1, -0.05) is 59.7 Å². The molecule has 0 aliphatic rings. The number of amides is 1. The maximum Gasteiger partial charge on any atom is 0.261 e. The van der Waals surface area contributed by atoms with Crippen LogP contribution in [0.25, 0.3) is 16.9 Å². The van der Waals surface area contributed by atoms with E-state index >= 15 is 0 Å². The van der Waals surface area contributed by atoms with Crippen molar-refractivity contribution in [3.63, 3.8) is 0 Å². The molecule has 0 saturated carbocycles. The molecular weight excluding hydrogens is 408 g/mol. The van der Waals surface area contributed by atoms with Gasteiger partial charge in [0.05, 0.1) is 5.69 Å². The lowest BCUT2D eigenvalue weighted by atomic mass is 10.00. The Morgan fingerprint density at radius 3 is 2.03 bits per heavy atom. The van der Waals surface area contributed by atoms with Gasteiger partial charge in [0, 0.05) is 23.1 Å². The summed E-state index contributed by atoms with van der Waals surface area (Å²) in [7, 11) is 0. The average Bonchev–Trinajstić information content (AvgIpc) is 2.76. The van der Waals surface area contributed by atoms with Gasteiger partial charge in [-0.3, -0.25) is 9.59 Å². The number of carbonyl (C=O) groups is 1. The number of nitrogens with zero attached hydrogens (tertiary/aromatic N) is 1. The van der Waals surface area contributed by atoms with Crippen LogP contribution in [-0.2, 0) is 0 Å². The molecule has 1 aromatic heterocycles. The maximum absolute atomic E-state index is 13.6. The van der Waals surface area contributed by atoms with Crippen LogP contribution in [0.1, 0.15) is 38.3 Å². The summed E-state index contributed by atoms with van der Waals surface area (Å²) in [5.74, 6) is -0.408. The van der Waals surface area contributed by atoms with Crippen molar-refractivity contribution in [2.45, 2.75) is 34.6 Å². The predicted octanol–water partition coefficient (Wildman–Crippen LogP) is 6.30. The fourth-order valence-electron chi connectivity index (χ4n) is 4.23. The lowest BCUT2D eigenvalue weighted by Gasteiger charge is -2.21. The van der Waals surface area contributed by atoms with E-state index in [0.29, 0.717) is 5.69 Å². The zero-order valence-corrected chi connectivity index (χ0v) is 19.7. The Hall–Kier alpha value is -3.92. The number of nitrogens with one attached hydrogen (secondary N) is 1. The molecule has 4 nitrogen and oxygen atoms in total. The van der Waals surface area contributed by atoms with Crippen LogP contribution < -0.4 is 10.7 Å². The summed E-state index contributed by atoms with van der Waals surface area (Å²) in [5, 5.41) is 3.02. The average molecular weight is 437 g/mol. The van der Waals surface area contributed by atoms with E-state index in [-0.39, 0.29) is 11.0 Å². The molecule has 33 heavy (non-hydrogen) atoms. The number of aromatic nitrogens is 1. The Kier molecular flexibility index (Phi) is 6.01. The SMILES string of the molecule is Cc1ccc(-n2c(C)cc(=O)c(C(=O)Nc3c(C)cccc3C)c2-c2cccc(C)c2)cc1. The number of benzene rings is 3. The van der Waals surface area contributed by atoms with Gasteiger partial charge in [0.1, 0.15) is 5.56 Å². The molecule has 0 unspecified atom stereocenters. The van der Waals surface area contributed by atoms with E-state index in [0.717, 1.165) is 44.9 Å². The minimum absolute atomic E-state index is 0.134. The van der Waals surface area contributed by atoms with Crippen molar-refractivity contribution >= 4 is 11.6 Å².